The van der Waals surface area contributed by atoms with Gasteiger partial charge in [0.05, 0.1) is 21.4 Å². The fourth-order valence-corrected chi connectivity index (χ4v) is 3.50. The van der Waals surface area contributed by atoms with Crippen molar-refractivity contribution in [1.82, 2.24) is 4.90 Å². The summed E-state index contributed by atoms with van der Waals surface area (Å²) in [5.41, 5.74) is 0. The molecule has 0 radical (unpaired) electrons. The van der Waals surface area contributed by atoms with Gasteiger partial charge in [-0.15, -0.1) is 11.3 Å². The average Bonchev–Trinajstić information content (AvgIpc) is 3.05. The maximum atomic E-state index is 12.4. The molecule has 1 aromatic heterocycles. The molecule has 5 heteroatoms. The number of halogens is 1. The molecular weight excluding hydrogens is 282 g/mol. The number of hydrogen-bond acceptors (Lipinski definition) is 4. The summed E-state index contributed by atoms with van der Waals surface area (Å²) in [5.74, 6) is 0.150. The summed E-state index contributed by atoms with van der Waals surface area (Å²) >= 11 is 7.25. The van der Waals surface area contributed by atoms with Crippen LogP contribution in [0.5, 0.6) is 0 Å². The molecule has 3 nitrogen and oxygen atoms in total. The van der Waals surface area contributed by atoms with Gasteiger partial charge in [-0.3, -0.25) is 9.69 Å². The number of nitrogens with zero attached hydrogens (tertiary/aromatic N) is 1. The minimum absolute atomic E-state index is 0.121. The van der Waals surface area contributed by atoms with E-state index in [4.69, 9.17) is 16.3 Å². The SMILES string of the molecule is CCN(CC1CCCO1)C(C)C(=O)c1ccc(Cl)s1. The minimum Gasteiger partial charge on any atom is -0.377 e. The summed E-state index contributed by atoms with van der Waals surface area (Å²) in [5, 5.41) is 0. The zero-order valence-corrected chi connectivity index (χ0v) is 13.0. The molecule has 0 N–H and O–H groups in total. The quantitative estimate of drug-likeness (QED) is 0.754. The summed E-state index contributed by atoms with van der Waals surface area (Å²) in [6, 6.07) is 3.47. The van der Waals surface area contributed by atoms with Gasteiger partial charge in [0.15, 0.2) is 5.78 Å². The van der Waals surface area contributed by atoms with Crippen molar-refractivity contribution in [3.63, 3.8) is 0 Å². The molecule has 1 aliphatic rings. The van der Waals surface area contributed by atoms with Crippen LogP contribution in [0.2, 0.25) is 4.34 Å². The van der Waals surface area contributed by atoms with Gasteiger partial charge < -0.3 is 4.74 Å². The minimum atomic E-state index is -0.121. The van der Waals surface area contributed by atoms with E-state index in [2.05, 4.69) is 11.8 Å². The number of rotatable bonds is 6. The maximum Gasteiger partial charge on any atom is 0.189 e. The second-order valence-electron chi connectivity index (χ2n) is 4.87. The monoisotopic (exact) mass is 301 g/mol. The molecule has 0 saturated carbocycles. The summed E-state index contributed by atoms with van der Waals surface area (Å²) < 4.78 is 6.32. The standard InChI is InChI=1S/C14H20ClNO2S/c1-3-16(9-11-5-4-8-18-11)10(2)14(17)12-6-7-13(15)19-12/h6-7,10-11H,3-5,8-9H2,1-2H3. The first-order valence-electron chi connectivity index (χ1n) is 6.77. The van der Waals surface area contributed by atoms with Crippen LogP contribution in [-0.4, -0.2) is 42.5 Å². The Hall–Kier alpha value is -0.420. The molecular formula is C14H20ClNO2S. The lowest BCUT2D eigenvalue weighted by Crippen LogP contribution is -2.42. The average molecular weight is 302 g/mol. The first-order valence-corrected chi connectivity index (χ1v) is 7.96. The smallest absolute Gasteiger partial charge is 0.189 e. The van der Waals surface area contributed by atoms with Gasteiger partial charge >= 0.3 is 0 Å². The van der Waals surface area contributed by atoms with Crippen molar-refractivity contribution in [1.29, 1.82) is 0 Å². The first kappa shape index (κ1) is 15.0. The van der Waals surface area contributed by atoms with E-state index < -0.39 is 0 Å². The molecule has 0 aromatic carbocycles. The van der Waals surface area contributed by atoms with Crippen LogP contribution in [0.25, 0.3) is 0 Å². The number of Topliss-reactive ketones (excluding diaryl/α,β-unsaturated/α-hetero) is 1. The molecule has 2 rings (SSSR count). The van der Waals surface area contributed by atoms with Gasteiger partial charge in [0.2, 0.25) is 0 Å². The lowest BCUT2D eigenvalue weighted by atomic mass is 10.1. The predicted octanol–water partition coefficient (Wildman–Crippen LogP) is 3.47. The summed E-state index contributed by atoms with van der Waals surface area (Å²) in [7, 11) is 0. The predicted molar refractivity (Wildman–Crippen MR) is 79.3 cm³/mol. The zero-order valence-electron chi connectivity index (χ0n) is 11.4. The van der Waals surface area contributed by atoms with Crippen molar-refractivity contribution in [3.8, 4) is 0 Å². The second-order valence-corrected chi connectivity index (χ2v) is 6.58. The highest BCUT2D eigenvalue weighted by molar-refractivity contribution is 7.18. The van der Waals surface area contributed by atoms with E-state index in [0.717, 1.165) is 37.4 Å². The Labute approximate surface area is 123 Å². The van der Waals surface area contributed by atoms with E-state index in [-0.39, 0.29) is 17.9 Å². The first-order chi connectivity index (χ1) is 9.11. The Morgan fingerprint density at radius 2 is 2.42 bits per heavy atom. The number of thiophene rings is 1. The highest BCUT2D eigenvalue weighted by atomic mass is 35.5. The third kappa shape index (κ3) is 3.78. The van der Waals surface area contributed by atoms with Crippen molar-refractivity contribution >= 4 is 28.7 Å². The van der Waals surface area contributed by atoms with Gasteiger partial charge in [0.25, 0.3) is 0 Å². The fourth-order valence-electron chi connectivity index (χ4n) is 2.43. The van der Waals surface area contributed by atoms with E-state index in [1.807, 2.05) is 13.0 Å². The van der Waals surface area contributed by atoms with Crippen LogP contribution in [0.3, 0.4) is 0 Å². The summed E-state index contributed by atoms with van der Waals surface area (Å²) in [6.07, 6.45) is 2.51. The Balaban J connectivity index is 1.98. The fraction of sp³-hybridized carbons (Fsp3) is 0.643. The molecule has 106 valence electrons. The van der Waals surface area contributed by atoms with Crippen LogP contribution in [0.4, 0.5) is 0 Å². The number of ketones is 1. The third-order valence-corrected chi connectivity index (χ3v) is 4.86. The van der Waals surface area contributed by atoms with Crippen molar-refractivity contribution in [2.45, 2.75) is 38.8 Å². The maximum absolute atomic E-state index is 12.4. The van der Waals surface area contributed by atoms with Crippen molar-refractivity contribution in [3.05, 3.63) is 21.3 Å². The molecule has 0 bridgehead atoms. The van der Waals surface area contributed by atoms with Crippen LogP contribution in [0.15, 0.2) is 12.1 Å². The molecule has 1 aromatic rings. The lowest BCUT2D eigenvalue weighted by Gasteiger charge is -2.28. The van der Waals surface area contributed by atoms with Crippen LogP contribution in [0.1, 0.15) is 36.4 Å². The van der Waals surface area contributed by atoms with Gasteiger partial charge in [-0.25, -0.2) is 0 Å². The van der Waals surface area contributed by atoms with Gasteiger partial charge in [-0.1, -0.05) is 18.5 Å². The van der Waals surface area contributed by atoms with E-state index in [9.17, 15) is 4.79 Å². The van der Waals surface area contributed by atoms with Crippen molar-refractivity contribution in [2.75, 3.05) is 19.7 Å². The number of hydrogen-bond donors (Lipinski definition) is 0. The molecule has 1 saturated heterocycles. The Kier molecular flexibility index (Phi) is 5.39. The molecule has 2 unspecified atom stereocenters. The molecule has 19 heavy (non-hydrogen) atoms. The van der Waals surface area contributed by atoms with Gasteiger partial charge in [0.1, 0.15) is 0 Å². The lowest BCUT2D eigenvalue weighted by molar-refractivity contribution is 0.0554. The van der Waals surface area contributed by atoms with Gasteiger partial charge in [0, 0.05) is 13.2 Å². The van der Waals surface area contributed by atoms with Crippen molar-refractivity contribution in [2.24, 2.45) is 0 Å². The van der Waals surface area contributed by atoms with Crippen LogP contribution in [0, 0.1) is 0 Å². The summed E-state index contributed by atoms with van der Waals surface area (Å²) in [6.45, 7) is 6.59. The highest BCUT2D eigenvalue weighted by Crippen LogP contribution is 2.24. The number of carbonyl (C=O) groups excluding carboxylic acids is 1. The number of likely N-dealkylation sites (N-methyl/N-ethyl adjacent to an activating group) is 1. The normalized spacial score (nSPS) is 20.9. The third-order valence-electron chi connectivity index (χ3n) is 3.61. The Morgan fingerprint density at radius 3 is 2.95 bits per heavy atom. The van der Waals surface area contributed by atoms with Crippen molar-refractivity contribution < 1.29 is 9.53 Å². The molecule has 2 atom stereocenters. The van der Waals surface area contributed by atoms with E-state index in [1.165, 1.54) is 11.3 Å². The molecule has 0 amide bonds. The molecule has 0 aliphatic carbocycles. The summed E-state index contributed by atoms with van der Waals surface area (Å²) in [4.78, 5) is 15.3. The molecule has 1 aliphatic heterocycles. The Bertz CT molecular complexity index is 429. The Morgan fingerprint density at radius 1 is 1.63 bits per heavy atom. The molecule has 0 spiro atoms. The molecule has 1 fully saturated rings. The van der Waals surface area contributed by atoms with Crippen LogP contribution in [-0.2, 0) is 4.74 Å². The van der Waals surface area contributed by atoms with E-state index >= 15 is 0 Å². The largest absolute Gasteiger partial charge is 0.377 e. The van der Waals surface area contributed by atoms with E-state index in [1.54, 1.807) is 6.07 Å². The van der Waals surface area contributed by atoms with E-state index in [0.29, 0.717) is 4.34 Å². The number of ether oxygens (including phenoxy) is 1. The highest BCUT2D eigenvalue weighted by Gasteiger charge is 2.26. The second kappa shape index (κ2) is 6.84. The van der Waals surface area contributed by atoms with Crippen LogP contribution < -0.4 is 0 Å². The zero-order chi connectivity index (χ0) is 13.8. The number of carbonyl (C=O) groups is 1. The van der Waals surface area contributed by atoms with Gasteiger partial charge in [-0.2, -0.15) is 0 Å². The van der Waals surface area contributed by atoms with Gasteiger partial charge in [-0.05, 0) is 38.4 Å². The topological polar surface area (TPSA) is 29.5 Å². The molecule has 2 heterocycles. The van der Waals surface area contributed by atoms with Crippen LogP contribution >= 0.6 is 22.9 Å².